The molecule has 0 aliphatic heterocycles. The van der Waals surface area contributed by atoms with Gasteiger partial charge < -0.3 is 10.0 Å². The van der Waals surface area contributed by atoms with Crippen LogP contribution >= 0.6 is 11.3 Å². The summed E-state index contributed by atoms with van der Waals surface area (Å²) in [5, 5.41) is 11.2. The van der Waals surface area contributed by atoms with Gasteiger partial charge in [-0.25, -0.2) is 4.98 Å². The van der Waals surface area contributed by atoms with Gasteiger partial charge in [-0.05, 0) is 12.8 Å². The van der Waals surface area contributed by atoms with E-state index in [0.29, 0.717) is 10.7 Å². The van der Waals surface area contributed by atoms with Crippen LogP contribution in [0.15, 0.2) is 11.6 Å². The number of aliphatic hydroxyl groups excluding tert-OH is 1. The van der Waals surface area contributed by atoms with Gasteiger partial charge >= 0.3 is 6.18 Å². The van der Waals surface area contributed by atoms with Crippen LogP contribution in [0.25, 0.3) is 4.96 Å². The average molecular weight is 291 g/mol. The van der Waals surface area contributed by atoms with Gasteiger partial charge in [0.25, 0.3) is 0 Å². The molecule has 0 spiro atoms. The fourth-order valence-electron chi connectivity index (χ4n) is 2.15. The van der Waals surface area contributed by atoms with Gasteiger partial charge in [-0.2, -0.15) is 13.2 Å². The zero-order valence-corrected chi connectivity index (χ0v) is 10.7. The Labute approximate surface area is 111 Å². The Morgan fingerprint density at radius 3 is 2.79 bits per heavy atom. The molecule has 4 nitrogen and oxygen atoms in total. The number of alkyl halides is 3. The number of aromatic nitrogens is 2. The first-order valence-electron chi connectivity index (χ1n) is 5.88. The average Bonchev–Trinajstić information content (AvgIpc) is 2.95. The molecule has 1 saturated carbocycles. The van der Waals surface area contributed by atoms with E-state index in [2.05, 4.69) is 4.98 Å². The number of anilines is 1. The summed E-state index contributed by atoms with van der Waals surface area (Å²) in [6.07, 6.45) is -1.08. The first kappa shape index (κ1) is 12.7. The standard InChI is InChI=1S/C11H12F3N3OS/c12-11(13,14)6-17(7-1-2-7)9-8(5-18)16-3-4-19-10(16)15-9/h3-4,7,18H,1-2,5-6H2. The van der Waals surface area contributed by atoms with Crippen LogP contribution in [-0.2, 0) is 6.61 Å². The third-order valence-electron chi connectivity index (χ3n) is 3.10. The van der Waals surface area contributed by atoms with Crippen molar-refractivity contribution in [2.45, 2.75) is 31.7 Å². The van der Waals surface area contributed by atoms with E-state index in [1.165, 1.54) is 16.2 Å². The molecule has 1 N–H and O–H groups in total. The number of halogens is 3. The molecule has 0 bridgehead atoms. The molecule has 1 aliphatic carbocycles. The van der Waals surface area contributed by atoms with Gasteiger partial charge in [-0.3, -0.25) is 4.40 Å². The van der Waals surface area contributed by atoms with Crippen LogP contribution < -0.4 is 4.90 Å². The molecule has 0 unspecified atom stereocenters. The van der Waals surface area contributed by atoms with Gasteiger partial charge in [-0.1, -0.05) is 0 Å². The van der Waals surface area contributed by atoms with Crippen LogP contribution in [-0.4, -0.2) is 33.3 Å². The van der Waals surface area contributed by atoms with E-state index < -0.39 is 12.7 Å². The third kappa shape index (κ3) is 2.42. The van der Waals surface area contributed by atoms with E-state index in [1.54, 1.807) is 16.0 Å². The van der Waals surface area contributed by atoms with Gasteiger partial charge in [0.2, 0.25) is 0 Å². The molecule has 0 atom stereocenters. The SMILES string of the molecule is OCc1c(N(CC(F)(F)F)C2CC2)nc2sccn12. The lowest BCUT2D eigenvalue weighted by Crippen LogP contribution is -2.36. The molecule has 2 aromatic rings. The summed E-state index contributed by atoms with van der Waals surface area (Å²) in [7, 11) is 0. The Morgan fingerprint density at radius 2 is 2.21 bits per heavy atom. The molecule has 0 amide bonds. The van der Waals surface area contributed by atoms with E-state index in [-0.39, 0.29) is 18.5 Å². The molecular formula is C11H12F3N3OS. The fourth-order valence-corrected chi connectivity index (χ4v) is 2.88. The van der Waals surface area contributed by atoms with Crippen molar-refractivity contribution in [2.24, 2.45) is 0 Å². The highest BCUT2D eigenvalue weighted by molar-refractivity contribution is 7.15. The topological polar surface area (TPSA) is 40.8 Å². The maximum Gasteiger partial charge on any atom is 0.405 e. The van der Waals surface area contributed by atoms with Crippen LogP contribution in [0.3, 0.4) is 0 Å². The molecular weight excluding hydrogens is 279 g/mol. The number of fused-ring (bicyclic) bond motifs is 1. The first-order chi connectivity index (χ1) is 8.99. The van der Waals surface area contributed by atoms with E-state index in [0.717, 1.165) is 12.8 Å². The highest BCUT2D eigenvalue weighted by Gasteiger charge is 2.40. The van der Waals surface area contributed by atoms with Crippen molar-refractivity contribution in [3.63, 3.8) is 0 Å². The molecule has 104 valence electrons. The quantitative estimate of drug-likeness (QED) is 0.940. The maximum atomic E-state index is 12.7. The predicted molar refractivity (Wildman–Crippen MR) is 65.4 cm³/mol. The van der Waals surface area contributed by atoms with Crippen molar-refractivity contribution in [3.05, 3.63) is 17.3 Å². The molecule has 2 heterocycles. The zero-order chi connectivity index (χ0) is 13.6. The Kier molecular flexibility index (Phi) is 2.94. The second-order valence-corrected chi connectivity index (χ2v) is 5.44. The van der Waals surface area contributed by atoms with Crippen molar-refractivity contribution in [2.75, 3.05) is 11.4 Å². The summed E-state index contributed by atoms with van der Waals surface area (Å²) in [6, 6.07) is -0.114. The summed E-state index contributed by atoms with van der Waals surface area (Å²) in [5.74, 6) is 0.258. The number of hydrogen-bond donors (Lipinski definition) is 1. The Balaban J connectivity index is 2.01. The summed E-state index contributed by atoms with van der Waals surface area (Å²) in [6.45, 7) is -1.34. The minimum absolute atomic E-state index is 0.114. The van der Waals surface area contributed by atoms with Crippen LogP contribution in [0.4, 0.5) is 19.0 Å². The van der Waals surface area contributed by atoms with E-state index >= 15 is 0 Å². The number of aliphatic hydroxyl groups is 1. The predicted octanol–water partition coefficient (Wildman–Crippen LogP) is 2.42. The van der Waals surface area contributed by atoms with Gasteiger partial charge in [-0.15, -0.1) is 11.3 Å². The summed E-state index contributed by atoms with van der Waals surface area (Å²) >= 11 is 1.34. The monoisotopic (exact) mass is 291 g/mol. The molecule has 0 saturated heterocycles. The first-order valence-corrected chi connectivity index (χ1v) is 6.76. The van der Waals surface area contributed by atoms with Crippen LogP contribution in [0.5, 0.6) is 0 Å². The number of hydrogen-bond acceptors (Lipinski definition) is 4. The number of thiazole rings is 1. The lowest BCUT2D eigenvalue weighted by Gasteiger charge is -2.24. The minimum Gasteiger partial charge on any atom is -0.390 e. The van der Waals surface area contributed by atoms with Gasteiger partial charge in [0, 0.05) is 17.6 Å². The summed E-state index contributed by atoms with van der Waals surface area (Å²) in [4.78, 5) is 6.11. The molecule has 2 aromatic heterocycles. The molecule has 0 aromatic carbocycles. The van der Waals surface area contributed by atoms with E-state index in [4.69, 9.17) is 0 Å². The molecule has 8 heteroatoms. The van der Waals surface area contributed by atoms with Crippen molar-refractivity contribution in [3.8, 4) is 0 Å². The number of rotatable bonds is 4. The fraction of sp³-hybridized carbons (Fsp3) is 0.545. The van der Waals surface area contributed by atoms with Crippen molar-refractivity contribution in [1.82, 2.24) is 9.38 Å². The molecule has 19 heavy (non-hydrogen) atoms. The molecule has 1 fully saturated rings. The Bertz CT molecular complexity index is 588. The Hall–Kier alpha value is -1.28. The number of imidazole rings is 1. The van der Waals surface area contributed by atoms with Crippen molar-refractivity contribution < 1.29 is 18.3 Å². The van der Waals surface area contributed by atoms with Gasteiger partial charge in [0.05, 0.1) is 12.3 Å². The van der Waals surface area contributed by atoms with Crippen molar-refractivity contribution in [1.29, 1.82) is 0 Å². The van der Waals surface area contributed by atoms with Crippen LogP contribution in [0, 0.1) is 0 Å². The normalized spacial score (nSPS) is 16.2. The second kappa shape index (κ2) is 4.38. The highest BCUT2D eigenvalue weighted by Crippen LogP contribution is 2.36. The zero-order valence-electron chi connectivity index (χ0n) is 9.89. The molecule has 3 rings (SSSR count). The van der Waals surface area contributed by atoms with Gasteiger partial charge in [0.1, 0.15) is 6.54 Å². The van der Waals surface area contributed by atoms with E-state index in [9.17, 15) is 18.3 Å². The minimum atomic E-state index is -4.27. The molecule has 0 radical (unpaired) electrons. The summed E-state index contributed by atoms with van der Waals surface area (Å²) in [5.41, 5.74) is 0.424. The summed E-state index contributed by atoms with van der Waals surface area (Å²) < 4.78 is 39.6. The lowest BCUT2D eigenvalue weighted by atomic mass is 10.3. The van der Waals surface area contributed by atoms with Crippen LogP contribution in [0.1, 0.15) is 18.5 Å². The second-order valence-electron chi connectivity index (χ2n) is 4.57. The van der Waals surface area contributed by atoms with E-state index in [1.807, 2.05) is 0 Å². The van der Waals surface area contributed by atoms with Gasteiger partial charge in [0.15, 0.2) is 10.8 Å². The third-order valence-corrected chi connectivity index (χ3v) is 3.86. The smallest absolute Gasteiger partial charge is 0.390 e. The highest BCUT2D eigenvalue weighted by atomic mass is 32.1. The van der Waals surface area contributed by atoms with Crippen LogP contribution in [0.2, 0.25) is 0 Å². The molecule has 1 aliphatic rings. The number of nitrogens with zero attached hydrogens (tertiary/aromatic N) is 3. The van der Waals surface area contributed by atoms with Crippen molar-refractivity contribution >= 4 is 22.1 Å². The lowest BCUT2D eigenvalue weighted by molar-refractivity contribution is -0.120. The maximum absolute atomic E-state index is 12.7. The largest absolute Gasteiger partial charge is 0.405 e. The Morgan fingerprint density at radius 1 is 1.47 bits per heavy atom.